The summed E-state index contributed by atoms with van der Waals surface area (Å²) >= 11 is 12.4. The van der Waals surface area contributed by atoms with Crippen LogP contribution < -0.4 is 4.90 Å². The number of hydrogen-bond acceptors (Lipinski definition) is 5. The molecule has 39 heavy (non-hydrogen) atoms. The predicted molar refractivity (Wildman–Crippen MR) is 162 cm³/mol. The van der Waals surface area contributed by atoms with Crippen molar-refractivity contribution < 1.29 is 0 Å². The Labute approximate surface area is 243 Å². The van der Waals surface area contributed by atoms with E-state index in [9.17, 15) is 5.26 Å². The van der Waals surface area contributed by atoms with Gasteiger partial charge in [-0.15, -0.1) is 0 Å². The van der Waals surface area contributed by atoms with Gasteiger partial charge in [-0.2, -0.15) is 5.26 Å². The lowest BCUT2D eigenvalue weighted by Gasteiger charge is -2.40. The van der Waals surface area contributed by atoms with Gasteiger partial charge in [-0.1, -0.05) is 47.5 Å². The van der Waals surface area contributed by atoms with Crippen molar-refractivity contribution in [1.29, 1.82) is 5.26 Å². The Kier molecular flexibility index (Phi) is 9.45. The highest BCUT2D eigenvalue weighted by Gasteiger charge is 2.27. The van der Waals surface area contributed by atoms with Gasteiger partial charge in [0.15, 0.2) is 0 Å². The summed E-state index contributed by atoms with van der Waals surface area (Å²) in [7, 11) is 2.16. The molecule has 0 spiro atoms. The van der Waals surface area contributed by atoms with Crippen molar-refractivity contribution in [2.24, 2.45) is 0 Å². The number of hydrogen-bond donors (Lipinski definition) is 0. The van der Waals surface area contributed by atoms with Crippen molar-refractivity contribution in [3.8, 4) is 6.07 Å². The Morgan fingerprint density at radius 3 is 1.95 bits per heavy atom. The van der Waals surface area contributed by atoms with Crippen molar-refractivity contribution in [2.75, 3.05) is 64.3 Å². The van der Waals surface area contributed by atoms with Crippen LogP contribution in [0.15, 0.2) is 66.7 Å². The molecule has 0 N–H and O–H groups in total. The molecule has 5 nitrogen and oxygen atoms in total. The zero-order valence-electron chi connectivity index (χ0n) is 22.7. The molecule has 0 unspecified atom stereocenters. The van der Waals surface area contributed by atoms with E-state index in [1.165, 1.54) is 42.7 Å². The topological polar surface area (TPSA) is 36.8 Å². The van der Waals surface area contributed by atoms with E-state index in [-0.39, 0.29) is 6.04 Å². The number of nitriles is 1. The second-order valence-electron chi connectivity index (χ2n) is 10.7. The van der Waals surface area contributed by atoms with Gasteiger partial charge in [0.25, 0.3) is 0 Å². The van der Waals surface area contributed by atoms with Crippen LogP contribution in [-0.4, -0.2) is 74.1 Å². The van der Waals surface area contributed by atoms with E-state index in [0.717, 1.165) is 67.0 Å². The lowest BCUT2D eigenvalue weighted by atomic mass is 9.96. The highest BCUT2D eigenvalue weighted by Crippen LogP contribution is 2.32. The van der Waals surface area contributed by atoms with Crippen molar-refractivity contribution in [3.63, 3.8) is 0 Å². The minimum absolute atomic E-state index is 0.143. The summed E-state index contributed by atoms with van der Waals surface area (Å²) in [6.45, 7) is 9.08. The molecule has 0 bridgehead atoms. The molecule has 0 aliphatic carbocycles. The molecule has 5 rings (SSSR count). The number of anilines is 1. The average Bonchev–Trinajstić information content (AvgIpc) is 3.49. The molecule has 2 aliphatic rings. The standard InChI is InChI=1S/C32H37Cl2N5/c1-36(16-17-37-14-2-3-15-37)31-13-8-27(23-35)28(22-31)24-38-18-20-39(21-19-38)32(25-4-9-29(33)10-5-25)26-6-11-30(34)12-7-26/h4-13,22,32H,2-3,14-21,24H2,1H3. The SMILES string of the molecule is CN(CCN1CCCC1)c1ccc(C#N)c(CN2CCN(C(c3ccc(Cl)cc3)c3ccc(Cl)cc3)CC2)c1. The molecule has 7 heteroatoms. The predicted octanol–water partition coefficient (Wildman–Crippen LogP) is 6.30. The highest BCUT2D eigenvalue weighted by molar-refractivity contribution is 6.30. The summed E-state index contributed by atoms with van der Waals surface area (Å²) in [4.78, 5) is 9.88. The first-order chi connectivity index (χ1) is 19.0. The molecule has 2 saturated heterocycles. The minimum atomic E-state index is 0.143. The first-order valence-corrected chi connectivity index (χ1v) is 14.7. The Morgan fingerprint density at radius 2 is 1.38 bits per heavy atom. The van der Waals surface area contributed by atoms with Crippen molar-refractivity contribution >= 4 is 28.9 Å². The fourth-order valence-electron chi connectivity index (χ4n) is 5.81. The van der Waals surface area contributed by atoms with E-state index in [4.69, 9.17) is 23.2 Å². The quantitative estimate of drug-likeness (QED) is 0.306. The number of halogens is 2. The molecule has 204 valence electrons. The van der Waals surface area contributed by atoms with Crippen molar-refractivity contribution in [2.45, 2.75) is 25.4 Å². The third-order valence-electron chi connectivity index (χ3n) is 8.14. The Bertz CT molecular complexity index is 1210. The molecule has 0 atom stereocenters. The van der Waals surface area contributed by atoms with Gasteiger partial charge < -0.3 is 9.80 Å². The maximum Gasteiger partial charge on any atom is 0.0995 e. The van der Waals surface area contributed by atoms with Gasteiger partial charge in [-0.3, -0.25) is 9.80 Å². The molecule has 0 aromatic heterocycles. The fraction of sp³-hybridized carbons (Fsp3) is 0.406. The number of benzene rings is 3. The van der Waals surface area contributed by atoms with E-state index < -0.39 is 0 Å². The van der Waals surface area contributed by atoms with Crippen LogP contribution in [0.2, 0.25) is 10.0 Å². The van der Waals surface area contributed by atoms with E-state index >= 15 is 0 Å². The maximum absolute atomic E-state index is 9.81. The molecule has 2 fully saturated rings. The van der Waals surface area contributed by atoms with Crippen molar-refractivity contribution in [1.82, 2.24) is 14.7 Å². The second-order valence-corrected chi connectivity index (χ2v) is 11.6. The van der Waals surface area contributed by atoms with Gasteiger partial charge in [0, 0.05) is 68.6 Å². The molecule has 2 aliphatic heterocycles. The first kappa shape index (κ1) is 28.0. The molecule has 3 aromatic carbocycles. The summed E-state index contributed by atoms with van der Waals surface area (Å²) in [6.07, 6.45) is 2.64. The van der Waals surface area contributed by atoms with Crippen molar-refractivity contribution in [3.05, 3.63) is 99.0 Å². The van der Waals surface area contributed by atoms with Crippen LogP contribution in [0.5, 0.6) is 0 Å². The van der Waals surface area contributed by atoms with Gasteiger partial charge in [0.2, 0.25) is 0 Å². The molecule has 2 heterocycles. The number of piperazine rings is 1. The molecular weight excluding hydrogens is 525 g/mol. The van der Waals surface area contributed by atoms with Gasteiger partial charge in [-0.05, 0) is 85.1 Å². The number of likely N-dealkylation sites (tertiary alicyclic amines) is 1. The largest absolute Gasteiger partial charge is 0.373 e. The normalized spacial score (nSPS) is 17.0. The minimum Gasteiger partial charge on any atom is -0.373 e. The molecule has 3 aromatic rings. The maximum atomic E-state index is 9.81. The van der Waals surface area contributed by atoms with E-state index in [0.29, 0.717) is 0 Å². The molecule has 0 radical (unpaired) electrons. The van der Waals surface area contributed by atoms with Crippen LogP contribution in [0.4, 0.5) is 5.69 Å². The lowest BCUT2D eigenvalue weighted by Crippen LogP contribution is -2.47. The smallest absolute Gasteiger partial charge is 0.0995 e. The van der Waals surface area contributed by atoms with Gasteiger partial charge in [-0.25, -0.2) is 0 Å². The average molecular weight is 563 g/mol. The van der Waals surface area contributed by atoms with Crippen LogP contribution in [0.25, 0.3) is 0 Å². The monoisotopic (exact) mass is 561 g/mol. The number of rotatable bonds is 9. The summed E-state index contributed by atoms with van der Waals surface area (Å²) < 4.78 is 0. The Balaban J connectivity index is 1.25. The van der Waals surface area contributed by atoms with E-state index in [2.05, 4.69) is 69.1 Å². The fourth-order valence-corrected chi connectivity index (χ4v) is 6.06. The highest BCUT2D eigenvalue weighted by atomic mass is 35.5. The van der Waals surface area contributed by atoms with Gasteiger partial charge in [0.1, 0.15) is 0 Å². The zero-order chi connectivity index (χ0) is 27.2. The molecular formula is C32H37Cl2N5. The summed E-state index contributed by atoms with van der Waals surface area (Å²) in [5, 5.41) is 11.3. The van der Waals surface area contributed by atoms with Crippen LogP contribution in [0, 0.1) is 11.3 Å². The third kappa shape index (κ3) is 7.14. The van der Waals surface area contributed by atoms with E-state index in [1.807, 2.05) is 30.3 Å². The van der Waals surface area contributed by atoms with Gasteiger partial charge in [0.05, 0.1) is 17.7 Å². The second kappa shape index (κ2) is 13.2. The summed E-state index contributed by atoms with van der Waals surface area (Å²) in [6, 6.07) is 25.2. The Morgan fingerprint density at radius 1 is 0.795 bits per heavy atom. The van der Waals surface area contributed by atoms with Crippen LogP contribution in [0.3, 0.4) is 0 Å². The van der Waals surface area contributed by atoms with Crippen LogP contribution in [0.1, 0.15) is 41.1 Å². The van der Waals surface area contributed by atoms with Crippen LogP contribution >= 0.6 is 23.2 Å². The lowest BCUT2D eigenvalue weighted by molar-refractivity contribution is 0.105. The number of likely N-dealkylation sites (N-methyl/N-ethyl adjacent to an activating group) is 1. The first-order valence-electron chi connectivity index (χ1n) is 13.9. The summed E-state index contributed by atoms with van der Waals surface area (Å²) in [5.41, 5.74) is 5.53. The van der Waals surface area contributed by atoms with E-state index in [1.54, 1.807) is 0 Å². The van der Waals surface area contributed by atoms with Crippen LogP contribution in [-0.2, 0) is 6.54 Å². The molecule has 0 saturated carbocycles. The number of nitrogens with zero attached hydrogens (tertiary/aromatic N) is 5. The Hall–Kier alpha value is -2.59. The zero-order valence-corrected chi connectivity index (χ0v) is 24.2. The third-order valence-corrected chi connectivity index (χ3v) is 8.64. The van der Waals surface area contributed by atoms with Gasteiger partial charge >= 0.3 is 0 Å². The summed E-state index contributed by atoms with van der Waals surface area (Å²) in [5.74, 6) is 0. The molecule has 0 amide bonds.